The molecule has 0 bridgehead atoms. The molecule has 0 radical (unpaired) electrons. The van der Waals surface area contributed by atoms with E-state index in [0.29, 0.717) is 27.4 Å². The van der Waals surface area contributed by atoms with Gasteiger partial charge in [0.05, 0.1) is 16.9 Å². The number of aryl methyl sites for hydroxylation is 2. The first-order chi connectivity index (χ1) is 23.1. The summed E-state index contributed by atoms with van der Waals surface area (Å²) >= 11 is 2.97. The van der Waals surface area contributed by atoms with Crippen molar-refractivity contribution in [2.75, 3.05) is 18.0 Å². The maximum Gasteiger partial charge on any atom is 0.187 e. The Morgan fingerprint density at radius 3 is 1.98 bits per heavy atom. The Balaban J connectivity index is 1.93. The van der Waals surface area contributed by atoms with Crippen LogP contribution in [0.3, 0.4) is 0 Å². The zero-order valence-electron chi connectivity index (χ0n) is 31.1. The molecule has 2 heterocycles. The molecule has 262 valence electrons. The maximum atomic E-state index is 9.92. The second-order valence-corrected chi connectivity index (χ2v) is 16.1. The van der Waals surface area contributed by atoms with Crippen molar-refractivity contribution >= 4 is 48.5 Å². The highest BCUT2D eigenvalue weighted by atomic mass is 32.1. The monoisotopic (exact) mass is 689 g/mol. The molecule has 7 nitrogen and oxygen atoms in total. The minimum Gasteiger partial charge on any atom is -0.347 e. The van der Waals surface area contributed by atoms with Gasteiger partial charge in [0.15, 0.2) is 15.1 Å². The lowest BCUT2D eigenvalue weighted by atomic mass is 9.92. The van der Waals surface area contributed by atoms with Gasteiger partial charge in [0.25, 0.3) is 0 Å². The minimum absolute atomic E-state index is 0.204. The van der Waals surface area contributed by atoms with Gasteiger partial charge in [0, 0.05) is 18.5 Å². The topological polar surface area (TPSA) is 89.4 Å². The predicted molar refractivity (Wildman–Crippen MR) is 207 cm³/mol. The van der Waals surface area contributed by atoms with E-state index in [1.54, 1.807) is 17.4 Å². The normalized spacial score (nSPS) is 13.4. The summed E-state index contributed by atoms with van der Waals surface area (Å²) < 4.78 is 0. The molecule has 2 aromatic heterocycles. The Kier molecular flexibility index (Phi) is 16.4. The summed E-state index contributed by atoms with van der Waals surface area (Å²) in [5, 5.41) is 31.4. The van der Waals surface area contributed by atoms with E-state index >= 15 is 0 Å². The second kappa shape index (κ2) is 19.9. The molecule has 2 unspecified atom stereocenters. The van der Waals surface area contributed by atoms with Gasteiger partial charge in [-0.1, -0.05) is 135 Å². The van der Waals surface area contributed by atoms with Crippen LogP contribution in [0.4, 0.5) is 25.8 Å². The first kappa shape index (κ1) is 39.5. The molecule has 0 spiro atoms. The quantitative estimate of drug-likeness (QED) is 0.111. The molecule has 0 fully saturated rings. The van der Waals surface area contributed by atoms with Crippen molar-refractivity contribution < 1.29 is 0 Å². The molecule has 0 saturated heterocycles. The fourth-order valence-electron chi connectivity index (χ4n) is 5.81. The van der Waals surface area contributed by atoms with Crippen molar-refractivity contribution in [1.82, 2.24) is 4.98 Å². The van der Waals surface area contributed by atoms with Crippen molar-refractivity contribution in [1.29, 1.82) is 5.26 Å². The van der Waals surface area contributed by atoms with E-state index in [-0.39, 0.29) is 5.41 Å². The zero-order valence-corrected chi connectivity index (χ0v) is 32.7. The molecule has 3 aromatic rings. The summed E-state index contributed by atoms with van der Waals surface area (Å²) in [6, 6.07) is 10.4. The Morgan fingerprint density at radius 1 is 0.812 bits per heavy atom. The largest absolute Gasteiger partial charge is 0.347 e. The third-order valence-corrected chi connectivity index (χ3v) is 10.9. The average molecular weight is 690 g/mol. The van der Waals surface area contributed by atoms with Gasteiger partial charge in [0.1, 0.15) is 11.1 Å². The summed E-state index contributed by atoms with van der Waals surface area (Å²) in [7, 11) is 0. The number of hydrogen-bond acceptors (Lipinski definition) is 9. The fraction of sp³-hybridized carbons (Fsp3) is 0.641. The van der Waals surface area contributed by atoms with Crippen molar-refractivity contribution in [3.8, 4) is 6.07 Å². The lowest BCUT2D eigenvalue weighted by molar-refractivity contribution is 0.403. The molecule has 3 rings (SSSR count). The molecule has 0 aliphatic rings. The Hall–Kier alpha value is -2.96. The SMILES string of the molecule is CCCCc1ccc(N=Nc2cc(C#N)c(N=Nc3sc(N(CC(CC)CCCC)CC(CC)CCCC)nc3C(C)(C)C)s2)c(C)c1. The molecule has 0 amide bonds. The predicted octanol–water partition coefficient (Wildman–Crippen LogP) is 14.1. The van der Waals surface area contributed by atoms with Crippen LogP contribution in [0.5, 0.6) is 0 Å². The number of unbranched alkanes of at least 4 members (excludes halogenated alkanes) is 3. The van der Waals surface area contributed by atoms with Crippen molar-refractivity contribution in [3.63, 3.8) is 0 Å². The van der Waals surface area contributed by atoms with Gasteiger partial charge in [-0.05, 0) is 67.7 Å². The first-order valence-electron chi connectivity index (χ1n) is 18.3. The molecule has 48 heavy (non-hydrogen) atoms. The summed E-state index contributed by atoms with van der Waals surface area (Å²) in [6.45, 7) is 22.1. The van der Waals surface area contributed by atoms with E-state index in [1.165, 1.54) is 81.1 Å². The van der Waals surface area contributed by atoms with Gasteiger partial charge in [0.2, 0.25) is 0 Å². The number of nitriles is 1. The van der Waals surface area contributed by atoms with E-state index in [9.17, 15) is 5.26 Å². The number of benzene rings is 1. The van der Waals surface area contributed by atoms with Gasteiger partial charge in [-0.15, -0.1) is 20.5 Å². The first-order valence-corrected chi connectivity index (χ1v) is 19.9. The van der Waals surface area contributed by atoms with Gasteiger partial charge in [-0.3, -0.25) is 0 Å². The molecule has 0 N–H and O–H groups in total. The number of aromatic nitrogens is 1. The van der Waals surface area contributed by atoms with Gasteiger partial charge >= 0.3 is 0 Å². The highest BCUT2D eigenvalue weighted by Gasteiger charge is 2.27. The summed E-state index contributed by atoms with van der Waals surface area (Å²) in [6.07, 6.45) is 13.2. The minimum atomic E-state index is -0.204. The van der Waals surface area contributed by atoms with Crippen LogP contribution in [-0.2, 0) is 11.8 Å². The summed E-state index contributed by atoms with van der Waals surface area (Å²) in [5.41, 5.74) is 4.46. The third kappa shape index (κ3) is 11.9. The highest BCUT2D eigenvalue weighted by Crippen LogP contribution is 2.43. The molecule has 9 heteroatoms. The second-order valence-electron chi connectivity index (χ2n) is 14.2. The van der Waals surface area contributed by atoms with Crippen LogP contribution in [0, 0.1) is 30.1 Å². The van der Waals surface area contributed by atoms with Gasteiger partial charge in [-0.25, -0.2) is 4.98 Å². The van der Waals surface area contributed by atoms with Crippen molar-refractivity contribution in [2.45, 2.75) is 138 Å². The number of hydrogen-bond donors (Lipinski definition) is 0. The summed E-state index contributed by atoms with van der Waals surface area (Å²) in [5.74, 6) is 1.28. The Bertz CT molecular complexity index is 1490. The van der Waals surface area contributed by atoms with Crippen LogP contribution >= 0.6 is 22.7 Å². The van der Waals surface area contributed by atoms with Crippen molar-refractivity contribution in [2.24, 2.45) is 32.3 Å². The number of rotatable bonds is 20. The molecular formula is C39H59N7S2. The molecule has 0 aliphatic heterocycles. The van der Waals surface area contributed by atoms with E-state index in [2.05, 4.69) is 101 Å². The van der Waals surface area contributed by atoms with Gasteiger partial charge < -0.3 is 4.90 Å². The zero-order chi connectivity index (χ0) is 35.1. The molecule has 0 saturated carbocycles. The smallest absolute Gasteiger partial charge is 0.187 e. The number of anilines is 1. The van der Waals surface area contributed by atoms with Crippen LogP contribution in [0.25, 0.3) is 0 Å². The van der Waals surface area contributed by atoms with E-state index in [4.69, 9.17) is 10.1 Å². The fourth-order valence-corrected chi connectivity index (χ4v) is 7.68. The molecule has 2 atom stereocenters. The lowest BCUT2D eigenvalue weighted by Gasteiger charge is -2.30. The number of nitrogens with zero attached hydrogens (tertiary/aromatic N) is 7. The van der Waals surface area contributed by atoms with Crippen LogP contribution in [0.1, 0.15) is 142 Å². The van der Waals surface area contributed by atoms with E-state index in [0.717, 1.165) is 46.6 Å². The molecular weight excluding hydrogens is 631 g/mol. The lowest BCUT2D eigenvalue weighted by Crippen LogP contribution is -2.34. The average Bonchev–Trinajstić information content (AvgIpc) is 3.69. The standard InChI is InChI=1S/C39H59N7S2/c1-10-15-18-29(13-4)26-46(27-30(14-5)19-16-11-2)38-41-35(39(7,8)9)37(48-38)45-44-36-32(25-40)24-34(47-36)43-42-33-22-21-31(20-17-12-3)23-28(33)6/h21-24,29-30H,10-20,26-27H2,1-9H3. The van der Waals surface area contributed by atoms with E-state index < -0.39 is 0 Å². The van der Waals surface area contributed by atoms with Crippen molar-refractivity contribution in [3.05, 3.63) is 46.6 Å². The van der Waals surface area contributed by atoms with E-state index in [1.807, 2.05) is 6.07 Å². The van der Waals surface area contributed by atoms with Crippen LogP contribution < -0.4 is 4.90 Å². The highest BCUT2D eigenvalue weighted by molar-refractivity contribution is 7.20. The Morgan fingerprint density at radius 2 is 1.44 bits per heavy atom. The number of thiazole rings is 1. The van der Waals surface area contributed by atoms with Crippen LogP contribution in [0.2, 0.25) is 0 Å². The third-order valence-electron chi connectivity index (χ3n) is 9.01. The van der Waals surface area contributed by atoms with Gasteiger partial charge in [-0.2, -0.15) is 5.26 Å². The molecule has 1 aromatic carbocycles. The molecule has 0 aliphatic carbocycles. The maximum absolute atomic E-state index is 9.92. The number of azo groups is 2. The van der Waals surface area contributed by atoms with Crippen LogP contribution in [-0.4, -0.2) is 18.1 Å². The Labute approximate surface area is 299 Å². The summed E-state index contributed by atoms with van der Waals surface area (Å²) in [4.78, 5) is 7.82. The number of thiophene rings is 1. The van der Waals surface area contributed by atoms with Crippen LogP contribution in [0.15, 0.2) is 44.7 Å².